The van der Waals surface area contributed by atoms with Crippen molar-refractivity contribution in [3.8, 4) is 0 Å². The lowest BCUT2D eigenvalue weighted by Crippen LogP contribution is -1.99. The summed E-state index contributed by atoms with van der Waals surface area (Å²) < 4.78 is 0. The maximum absolute atomic E-state index is 8.89. The van der Waals surface area contributed by atoms with Gasteiger partial charge in [-0.2, -0.15) is 0 Å². The van der Waals surface area contributed by atoms with Crippen LogP contribution in [0.5, 0.6) is 0 Å². The fourth-order valence-electron chi connectivity index (χ4n) is 1.08. The van der Waals surface area contributed by atoms with Crippen LogP contribution in [0.15, 0.2) is 40.3 Å². The van der Waals surface area contributed by atoms with Gasteiger partial charge < -0.3 is 10.4 Å². The van der Waals surface area contributed by atoms with Gasteiger partial charge in [0.25, 0.3) is 0 Å². The highest BCUT2D eigenvalue weighted by Gasteiger charge is 2.08. The van der Waals surface area contributed by atoms with Crippen molar-refractivity contribution in [1.82, 2.24) is 0 Å². The molecule has 1 heterocycles. The summed E-state index contributed by atoms with van der Waals surface area (Å²) in [6, 6.07) is 8.04. The van der Waals surface area contributed by atoms with Crippen LogP contribution >= 0.6 is 11.8 Å². The molecule has 1 aliphatic heterocycles. The van der Waals surface area contributed by atoms with Crippen LogP contribution in [0, 0.1) is 0 Å². The molecule has 0 bridgehead atoms. The molecule has 0 spiro atoms. The maximum atomic E-state index is 8.89. The second-order valence-electron chi connectivity index (χ2n) is 2.51. The van der Waals surface area contributed by atoms with Crippen molar-refractivity contribution in [2.75, 3.05) is 11.9 Å². The molecular formula is C9H9NOS. The Bertz CT molecular complexity index is 322. The summed E-state index contributed by atoms with van der Waals surface area (Å²) in [6.07, 6.45) is 1.84. The third kappa shape index (κ3) is 1.33. The molecular weight excluding hydrogens is 170 g/mol. The van der Waals surface area contributed by atoms with E-state index in [0.29, 0.717) is 0 Å². The lowest BCUT2D eigenvalue weighted by molar-refractivity contribution is 0.339. The Morgan fingerprint density at radius 1 is 1.33 bits per heavy atom. The fraction of sp³-hybridized carbons (Fsp3) is 0.111. The van der Waals surface area contributed by atoms with E-state index in [4.69, 9.17) is 5.11 Å². The molecule has 2 rings (SSSR count). The van der Waals surface area contributed by atoms with Gasteiger partial charge in [-0.3, -0.25) is 0 Å². The zero-order valence-corrected chi connectivity index (χ0v) is 7.27. The van der Waals surface area contributed by atoms with Gasteiger partial charge in [0.1, 0.15) is 0 Å². The van der Waals surface area contributed by atoms with E-state index in [0.717, 1.165) is 10.6 Å². The molecule has 0 unspecified atom stereocenters. The average Bonchev–Trinajstić information content (AvgIpc) is 2.17. The van der Waals surface area contributed by atoms with Gasteiger partial charge in [0.2, 0.25) is 0 Å². The Hall–Kier alpha value is -0.930. The van der Waals surface area contributed by atoms with E-state index in [9.17, 15) is 0 Å². The van der Waals surface area contributed by atoms with Gasteiger partial charge in [0.15, 0.2) is 0 Å². The number of aliphatic hydroxyl groups excluding tert-OH is 1. The zero-order valence-electron chi connectivity index (χ0n) is 6.45. The van der Waals surface area contributed by atoms with Crippen molar-refractivity contribution < 1.29 is 5.11 Å². The summed E-state index contributed by atoms with van der Waals surface area (Å²) in [5.74, 6) is 0. The molecule has 1 aliphatic rings. The Morgan fingerprint density at radius 2 is 2.17 bits per heavy atom. The number of aliphatic hydroxyl groups is 1. The highest BCUT2D eigenvalue weighted by molar-refractivity contribution is 8.03. The van der Waals surface area contributed by atoms with E-state index in [-0.39, 0.29) is 6.61 Å². The molecule has 1 aromatic rings. The van der Waals surface area contributed by atoms with Crippen LogP contribution in [0.2, 0.25) is 0 Å². The van der Waals surface area contributed by atoms with Gasteiger partial charge in [-0.1, -0.05) is 23.9 Å². The summed E-state index contributed by atoms with van der Waals surface area (Å²) in [6.45, 7) is 0.103. The molecule has 2 nitrogen and oxygen atoms in total. The van der Waals surface area contributed by atoms with E-state index >= 15 is 0 Å². The summed E-state index contributed by atoms with van der Waals surface area (Å²) >= 11 is 1.61. The highest BCUT2D eigenvalue weighted by atomic mass is 32.2. The zero-order chi connectivity index (χ0) is 8.39. The summed E-state index contributed by atoms with van der Waals surface area (Å²) in [7, 11) is 0. The molecule has 0 radical (unpaired) electrons. The van der Waals surface area contributed by atoms with E-state index < -0.39 is 0 Å². The number of thioether (sulfide) groups is 1. The number of rotatable bonds is 1. The average molecular weight is 179 g/mol. The van der Waals surface area contributed by atoms with Gasteiger partial charge in [0, 0.05) is 16.0 Å². The molecule has 2 N–H and O–H groups in total. The highest BCUT2D eigenvalue weighted by Crippen LogP contribution is 2.35. The van der Waals surface area contributed by atoms with Gasteiger partial charge >= 0.3 is 0 Å². The number of fused-ring (bicyclic) bond motifs is 1. The molecule has 0 aliphatic carbocycles. The first-order chi connectivity index (χ1) is 5.90. The largest absolute Gasteiger partial charge is 0.391 e. The van der Waals surface area contributed by atoms with E-state index in [1.165, 1.54) is 4.90 Å². The third-order valence-electron chi connectivity index (χ3n) is 1.67. The molecule has 62 valence electrons. The predicted molar refractivity (Wildman–Crippen MR) is 51.1 cm³/mol. The van der Waals surface area contributed by atoms with E-state index in [2.05, 4.69) is 5.32 Å². The van der Waals surface area contributed by atoms with Crippen LogP contribution in [-0.4, -0.2) is 11.7 Å². The fourth-order valence-corrected chi connectivity index (χ4v) is 1.93. The van der Waals surface area contributed by atoms with Crippen LogP contribution in [0.25, 0.3) is 0 Å². The first-order valence-electron chi connectivity index (χ1n) is 3.73. The summed E-state index contributed by atoms with van der Waals surface area (Å²) in [5, 5.41) is 12.0. The van der Waals surface area contributed by atoms with Crippen molar-refractivity contribution in [3.05, 3.63) is 35.4 Å². The molecule has 0 saturated heterocycles. The molecule has 12 heavy (non-hydrogen) atoms. The predicted octanol–water partition coefficient (Wildman–Crippen LogP) is 2.04. The Kier molecular flexibility index (Phi) is 2.06. The number of benzene rings is 1. The van der Waals surface area contributed by atoms with Crippen LogP contribution in [0.1, 0.15) is 0 Å². The molecule has 1 aromatic carbocycles. The number of hydrogen-bond donors (Lipinski definition) is 2. The molecule has 0 atom stereocenters. The van der Waals surface area contributed by atoms with Gasteiger partial charge in [-0.05, 0) is 12.1 Å². The second-order valence-corrected chi connectivity index (χ2v) is 3.68. The molecule has 3 heteroatoms. The minimum Gasteiger partial charge on any atom is -0.391 e. The lowest BCUT2D eigenvalue weighted by atomic mass is 10.3. The quantitative estimate of drug-likeness (QED) is 0.692. The molecule has 0 fully saturated rings. The molecule has 0 amide bonds. The number of para-hydroxylation sites is 1. The van der Waals surface area contributed by atoms with Crippen LogP contribution in [-0.2, 0) is 0 Å². The summed E-state index contributed by atoms with van der Waals surface area (Å²) in [5.41, 5.74) is 1.11. The Morgan fingerprint density at radius 3 is 3.00 bits per heavy atom. The lowest BCUT2D eigenvalue weighted by Gasteiger charge is -2.15. The number of nitrogens with one attached hydrogen (secondary N) is 1. The normalized spacial score (nSPS) is 14.6. The van der Waals surface area contributed by atoms with E-state index in [1.54, 1.807) is 11.8 Å². The van der Waals surface area contributed by atoms with E-state index in [1.807, 2.05) is 30.5 Å². The Labute approximate surface area is 75.3 Å². The van der Waals surface area contributed by atoms with Crippen molar-refractivity contribution in [3.63, 3.8) is 0 Å². The van der Waals surface area contributed by atoms with Crippen LogP contribution < -0.4 is 5.32 Å². The van der Waals surface area contributed by atoms with Crippen LogP contribution in [0.4, 0.5) is 5.69 Å². The smallest absolute Gasteiger partial charge is 0.0758 e. The first-order valence-corrected chi connectivity index (χ1v) is 4.55. The van der Waals surface area contributed by atoms with Crippen molar-refractivity contribution >= 4 is 17.4 Å². The first kappa shape index (κ1) is 7.71. The standard InChI is InChI=1S/C9H9NOS/c11-6-7-5-10-8-3-1-2-4-9(8)12-7/h1-5,10-11H,6H2. The maximum Gasteiger partial charge on any atom is 0.0758 e. The number of hydrogen-bond acceptors (Lipinski definition) is 3. The number of anilines is 1. The van der Waals surface area contributed by atoms with Crippen molar-refractivity contribution in [2.24, 2.45) is 0 Å². The topological polar surface area (TPSA) is 32.3 Å². The SMILES string of the molecule is OCC1=CNc2ccccc2S1. The minimum atomic E-state index is 0.103. The van der Waals surface area contributed by atoms with Gasteiger partial charge in [0.05, 0.1) is 12.3 Å². The van der Waals surface area contributed by atoms with Crippen molar-refractivity contribution in [1.29, 1.82) is 0 Å². The van der Waals surface area contributed by atoms with Gasteiger partial charge in [-0.25, -0.2) is 0 Å². The third-order valence-corrected chi connectivity index (χ3v) is 2.76. The van der Waals surface area contributed by atoms with Crippen molar-refractivity contribution in [2.45, 2.75) is 4.90 Å². The second kappa shape index (κ2) is 3.21. The minimum absolute atomic E-state index is 0.103. The summed E-state index contributed by atoms with van der Waals surface area (Å²) in [4.78, 5) is 2.12. The van der Waals surface area contributed by atoms with Gasteiger partial charge in [-0.15, -0.1) is 0 Å². The molecule has 0 aromatic heterocycles. The van der Waals surface area contributed by atoms with Crippen LogP contribution in [0.3, 0.4) is 0 Å². The Balaban J connectivity index is 2.31. The monoisotopic (exact) mass is 179 g/mol. The molecule has 0 saturated carbocycles.